The SMILES string of the molecule is C[N+](C)=C1C=CC(=C2C=C(C(C)(C)C)[Se]C(C(C)(C)C)=C2)C=C1. The molecule has 0 aromatic rings. The van der Waals surface area contributed by atoms with E-state index in [1.807, 2.05) is 0 Å². The topological polar surface area (TPSA) is 3.01 Å². The minimum absolute atomic E-state index is 0.236. The fourth-order valence-electron chi connectivity index (χ4n) is 2.36. The molecule has 1 nitrogen and oxygen atoms in total. The first kappa shape index (κ1) is 18.2. The van der Waals surface area contributed by atoms with Gasteiger partial charge in [-0.05, 0) is 0 Å². The number of nitrogens with zero attached hydrogens (tertiary/aromatic N) is 1. The summed E-state index contributed by atoms with van der Waals surface area (Å²) in [5, 5.41) is 0. The average molecular weight is 375 g/mol. The van der Waals surface area contributed by atoms with Crippen molar-refractivity contribution in [2.45, 2.75) is 41.5 Å². The molecule has 2 heteroatoms. The van der Waals surface area contributed by atoms with Crippen LogP contribution in [0.4, 0.5) is 0 Å². The summed E-state index contributed by atoms with van der Waals surface area (Å²) >= 11 is 0.448. The summed E-state index contributed by atoms with van der Waals surface area (Å²) in [7, 11) is 4.17. The Balaban J connectivity index is 2.53. The summed E-state index contributed by atoms with van der Waals surface area (Å²) in [4.78, 5) is 0. The van der Waals surface area contributed by atoms with Crippen LogP contribution in [0.25, 0.3) is 0 Å². The molecule has 0 unspecified atom stereocenters. The molecule has 0 aromatic heterocycles. The van der Waals surface area contributed by atoms with E-state index in [1.165, 1.54) is 16.9 Å². The second-order valence-corrected chi connectivity index (χ2v) is 10.8. The standard InChI is InChI=1S/C21H30NSe/c1-20(2,3)18-13-16(14-19(23-18)21(4,5)6)15-9-11-17(12-10-15)22(7)8/h9-14H,1-8H3/q+1. The molecule has 0 fully saturated rings. The molecule has 1 heterocycles. The molecule has 2 aliphatic rings. The Bertz CT molecular complexity index is 626. The predicted octanol–water partition coefficient (Wildman–Crippen LogP) is 4.70. The van der Waals surface area contributed by atoms with Crippen LogP contribution in [0, 0.1) is 10.8 Å². The van der Waals surface area contributed by atoms with Crippen molar-refractivity contribution < 1.29 is 4.58 Å². The summed E-state index contributed by atoms with van der Waals surface area (Å²) in [6.45, 7) is 14.0. The molecule has 23 heavy (non-hydrogen) atoms. The van der Waals surface area contributed by atoms with Crippen LogP contribution in [-0.2, 0) is 0 Å². The van der Waals surface area contributed by atoms with Crippen LogP contribution in [0.2, 0.25) is 0 Å². The van der Waals surface area contributed by atoms with Gasteiger partial charge in [0, 0.05) is 0 Å². The van der Waals surface area contributed by atoms with Crippen molar-refractivity contribution in [1.29, 1.82) is 0 Å². The van der Waals surface area contributed by atoms with E-state index < -0.39 is 0 Å². The van der Waals surface area contributed by atoms with Crippen LogP contribution in [0.5, 0.6) is 0 Å². The van der Waals surface area contributed by atoms with Crippen LogP contribution in [0.1, 0.15) is 41.5 Å². The van der Waals surface area contributed by atoms with Crippen molar-refractivity contribution >= 4 is 20.7 Å². The van der Waals surface area contributed by atoms with E-state index in [2.05, 4.69) is 96.7 Å². The van der Waals surface area contributed by atoms with Crippen LogP contribution < -0.4 is 0 Å². The van der Waals surface area contributed by atoms with E-state index in [0.29, 0.717) is 15.0 Å². The Hall–Kier alpha value is -1.11. The molecule has 0 spiro atoms. The molecule has 0 saturated carbocycles. The molecule has 0 saturated heterocycles. The quantitative estimate of drug-likeness (QED) is 0.426. The third kappa shape index (κ3) is 4.46. The maximum atomic E-state index is 2.43. The maximum absolute atomic E-state index is 2.43. The molecule has 0 amide bonds. The Kier molecular flexibility index (Phi) is 5.09. The monoisotopic (exact) mass is 376 g/mol. The van der Waals surface area contributed by atoms with Crippen molar-refractivity contribution in [3.05, 3.63) is 56.5 Å². The third-order valence-electron chi connectivity index (χ3n) is 3.99. The van der Waals surface area contributed by atoms with Gasteiger partial charge in [-0.1, -0.05) is 0 Å². The molecule has 124 valence electrons. The van der Waals surface area contributed by atoms with Gasteiger partial charge in [-0.2, -0.15) is 0 Å². The summed E-state index contributed by atoms with van der Waals surface area (Å²) < 4.78 is 5.32. The average Bonchev–Trinajstić information content (AvgIpc) is 2.45. The molecule has 1 aliphatic heterocycles. The van der Waals surface area contributed by atoms with E-state index in [0.717, 1.165) is 0 Å². The first-order chi connectivity index (χ1) is 10.5. The molecule has 2 rings (SSSR count). The van der Waals surface area contributed by atoms with Gasteiger partial charge in [0.15, 0.2) is 0 Å². The first-order valence-corrected chi connectivity index (χ1v) is 9.97. The van der Waals surface area contributed by atoms with Gasteiger partial charge in [0.2, 0.25) is 0 Å². The number of rotatable bonds is 0. The molecule has 0 N–H and O–H groups in total. The van der Waals surface area contributed by atoms with E-state index in [4.69, 9.17) is 0 Å². The first-order valence-electron chi connectivity index (χ1n) is 8.25. The predicted molar refractivity (Wildman–Crippen MR) is 103 cm³/mol. The van der Waals surface area contributed by atoms with Crippen molar-refractivity contribution in [3.8, 4) is 0 Å². The number of hydrogen-bond donors (Lipinski definition) is 0. The molecule has 0 aromatic carbocycles. The normalized spacial score (nSPS) is 19.0. The van der Waals surface area contributed by atoms with Crippen molar-refractivity contribution in [2.24, 2.45) is 10.8 Å². The molecular formula is C21H30NSe+. The van der Waals surface area contributed by atoms with Gasteiger partial charge in [-0.25, -0.2) is 0 Å². The second kappa shape index (κ2) is 6.42. The van der Waals surface area contributed by atoms with Crippen LogP contribution >= 0.6 is 0 Å². The molecular weight excluding hydrogens is 345 g/mol. The van der Waals surface area contributed by atoms with Crippen molar-refractivity contribution in [1.82, 2.24) is 0 Å². The number of hydrogen-bond acceptors (Lipinski definition) is 0. The second-order valence-electron chi connectivity index (χ2n) is 8.52. The fourth-order valence-corrected chi connectivity index (χ4v) is 4.92. The van der Waals surface area contributed by atoms with Gasteiger partial charge in [0.1, 0.15) is 0 Å². The van der Waals surface area contributed by atoms with Crippen LogP contribution in [0.3, 0.4) is 0 Å². The summed E-state index contributed by atoms with van der Waals surface area (Å²) in [6.07, 6.45) is 13.8. The van der Waals surface area contributed by atoms with Gasteiger partial charge in [-0.15, -0.1) is 0 Å². The molecule has 0 radical (unpaired) electrons. The molecule has 0 atom stereocenters. The Morgan fingerprint density at radius 2 is 1.13 bits per heavy atom. The van der Waals surface area contributed by atoms with Crippen molar-refractivity contribution in [2.75, 3.05) is 14.1 Å². The van der Waals surface area contributed by atoms with Gasteiger partial charge >= 0.3 is 148 Å². The van der Waals surface area contributed by atoms with E-state index in [-0.39, 0.29) is 10.8 Å². The molecule has 1 aliphatic carbocycles. The van der Waals surface area contributed by atoms with Gasteiger partial charge in [0.25, 0.3) is 0 Å². The van der Waals surface area contributed by atoms with E-state index in [9.17, 15) is 0 Å². The van der Waals surface area contributed by atoms with Crippen LogP contribution in [-0.4, -0.2) is 39.3 Å². The zero-order valence-electron chi connectivity index (χ0n) is 15.8. The Morgan fingerprint density at radius 1 is 0.696 bits per heavy atom. The third-order valence-corrected chi connectivity index (χ3v) is 7.98. The van der Waals surface area contributed by atoms with Crippen molar-refractivity contribution in [3.63, 3.8) is 0 Å². The molecule has 0 bridgehead atoms. The summed E-state index contributed by atoms with van der Waals surface area (Å²) in [5.41, 5.74) is 4.39. The minimum atomic E-state index is 0.236. The van der Waals surface area contributed by atoms with Gasteiger partial charge in [0.05, 0.1) is 0 Å². The fraction of sp³-hybridized carbons (Fsp3) is 0.476. The Labute approximate surface area is 148 Å². The number of allylic oxidation sites excluding steroid dienone is 10. The van der Waals surface area contributed by atoms with Crippen LogP contribution in [0.15, 0.2) is 56.5 Å². The van der Waals surface area contributed by atoms with E-state index in [1.54, 1.807) is 8.94 Å². The summed E-state index contributed by atoms with van der Waals surface area (Å²) in [6, 6.07) is 0. The zero-order valence-corrected chi connectivity index (χ0v) is 17.5. The van der Waals surface area contributed by atoms with Gasteiger partial charge in [-0.3, -0.25) is 0 Å². The Morgan fingerprint density at radius 3 is 1.48 bits per heavy atom. The van der Waals surface area contributed by atoms with Gasteiger partial charge < -0.3 is 0 Å². The summed E-state index contributed by atoms with van der Waals surface area (Å²) in [5.74, 6) is 0. The zero-order chi connectivity index (χ0) is 17.4. The van der Waals surface area contributed by atoms with E-state index >= 15 is 0 Å².